The number of sulfonamides is 1. The molecule has 3 aromatic rings. The highest BCUT2D eigenvalue weighted by atomic mass is 32.2. The minimum atomic E-state index is -3.65. The van der Waals surface area contributed by atoms with Gasteiger partial charge in [0.2, 0.25) is 15.9 Å². The Bertz CT molecular complexity index is 1130. The Morgan fingerprint density at radius 1 is 0.966 bits per heavy atom. The number of carbonyl (C=O) groups is 1. The quantitative estimate of drug-likeness (QED) is 0.658. The Morgan fingerprint density at radius 3 is 2.41 bits per heavy atom. The third kappa shape index (κ3) is 3.91. The van der Waals surface area contributed by atoms with E-state index in [4.69, 9.17) is 0 Å². The molecule has 1 atom stereocenters. The number of para-hydroxylation sites is 1. The van der Waals surface area contributed by atoms with Gasteiger partial charge in [-0.15, -0.1) is 0 Å². The van der Waals surface area contributed by atoms with Crippen LogP contribution in [0.25, 0.3) is 10.8 Å². The van der Waals surface area contributed by atoms with Crippen LogP contribution in [0.1, 0.15) is 12.8 Å². The maximum atomic E-state index is 13.2. The fourth-order valence-electron chi connectivity index (χ4n) is 3.89. The van der Waals surface area contributed by atoms with E-state index in [-0.39, 0.29) is 23.3 Å². The summed E-state index contributed by atoms with van der Waals surface area (Å²) in [6.45, 7) is 0.652. The number of hydrogen-bond acceptors (Lipinski definition) is 3. The van der Waals surface area contributed by atoms with Crippen molar-refractivity contribution >= 4 is 32.4 Å². The highest BCUT2D eigenvalue weighted by molar-refractivity contribution is 7.89. The zero-order valence-electron chi connectivity index (χ0n) is 16.4. The Hall–Kier alpha value is -2.70. The van der Waals surface area contributed by atoms with Gasteiger partial charge in [-0.3, -0.25) is 4.79 Å². The predicted octanol–water partition coefficient (Wildman–Crippen LogP) is 3.90. The van der Waals surface area contributed by atoms with Crippen LogP contribution in [0.2, 0.25) is 0 Å². The average Bonchev–Trinajstić information content (AvgIpc) is 2.78. The van der Waals surface area contributed by atoms with Gasteiger partial charge in [0.15, 0.2) is 0 Å². The summed E-state index contributed by atoms with van der Waals surface area (Å²) in [6, 6.07) is 22.3. The number of rotatable bonds is 4. The largest absolute Gasteiger partial charge is 0.315 e. The predicted molar refractivity (Wildman–Crippen MR) is 115 cm³/mol. The number of nitrogens with zero attached hydrogens (tertiary/aromatic N) is 2. The smallest absolute Gasteiger partial charge is 0.243 e. The molecule has 1 amide bonds. The first-order valence-electron chi connectivity index (χ1n) is 9.78. The summed E-state index contributed by atoms with van der Waals surface area (Å²) < 4.78 is 27.9. The zero-order valence-corrected chi connectivity index (χ0v) is 17.2. The van der Waals surface area contributed by atoms with Gasteiger partial charge in [-0.2, -0.15) is 4.31 Å². The van der Waals surface area contributed by atoms with Crippen LogP contribution in [0.5, 0.6) is 0 Å². The van der Waals surface area contributed by atoms with Crippen LogP contribution in [0.4, 0.5) is 5.69 Å². The van der Waals surface area contributed by atoms with Crippen LogP contribution in [0.15, 0.2) is 77.7 Å². The average molecular weight is 409 g/mol. The molecule has 4 rings (SSSR count). The first kappa shape index (κ1) is 19.6. The SMILES string of the molecule is CN(C(=O)[C@@H]1CCCN(S(=O)(=O)c2ccc3ccccc3c2)C1)c1ccccc1. The Labute approximate surface area is 171 Å². The molecule has 0 N–H and O–H groups in total. The molecule has 1 saturated heterocycles. The number of amides is 1. The second kappa shape index (κ2) is 7.97. The summed E-state index contributed by atoms with van der Waals surface area (Å²) in [5, 5.41) is 1.89. The number of carbonyl (C=O) groups excluding carboxylic acids is 1. The molecule has 0 unspecified atom stereocenters. The highest BCUT2D eigenvalue weighted by Crippen LogP contribution is 2.28. The summed E-state index contributed by atoms with van der Waals surface area (Å²) in [5.74, 6) is -0.390. The summed E-state index contributed by atoms with van der Waals surface area (Å²) in [5.41, 5.74) is 0.812. The first-order valence-corrected chi connectivity index (χ1v) is 11.2. The number of hydrogen-bond donors (Lipinski definition) is 0. The molecule has 1 aliphatic heterocycles. The van der Waals surface area contributed by atoms with E-state index in [1.807, 2.05) is 60.7 Å². The van der Waals surface area contributed by atoms with Gasteiger partial charge in [0.25, 0.3) is 0 Å². The molecule has 0 radical (unpaired) electrons. The van der Waals surface area contributed by atoms with Crippen LogP contribution in [-0.4, -0.2) is 38.8 Å². The van der Waals surface area contributed by atoms with Crippen molar-refractivity contribution in [2.45, 2.75) is 17.7 Å². The lowest BCUT2D eigenvalue weighted by Gasteiger charge is -2.33. The number of piperidine rings is 1. The lowest BCUT2D eigenvalue weighted by atomic mass is 9.98. The number of benzene rings is 3. The van der Waals surface area contributed by atoms with Crippen molar-refractivity contribution in [3.8, 4) is 0 Å². The van der Waals surface area contributed by atoms with Gasteiger partial charge in [-0.25, -0.2) is 8.42 Å². The molecular weight excluding hydrogens is 384 g/mol. The summed E-state index contributed by atoms with van der Waals surface area (Å²) in [7, 11) is -1.90. The molecule has 0 aliphatic carbocycles. The topological polar surface area (TPSA) is 57.7 Å². The molecule has 29 heavy (non-hydrogen) atoms. The molecule has 150 valence electrons. The first-order chi connectivity index (χ1) is 14.0. The Morgan fingerprint density at radius 2 is 1.66 bits per heavy atom. The molecule has 0 aromatic heterocycles. The fraction of sp³-hybridized carbons (Fsp3) is 0.261. The molecule has 5 nitrogen and oxygen atoms in total. The van der Waals surface area contributed by atoms with Crippen molar-refractivity contribution in [1.29, 1.82) is 0 Å². The molecule has 6 heteroatoms. The van der Waals surface area contributed by atoms with Crippen LogP contribution in [0.3, 0.4) is 0 Å². The van der Waals surface area contributed by atoms with Gasteiger partial charge in [0.05, 0.1) is 10.8 Å². The van der Waals surface area contributed by atoms with Gasteiger partial charge >= 0.3 is 0 Å². The Kier molecular flexibility index (Phi) is 5.39. The lowest BCUT2D eigenvalue weighted by molar-refractivity contribution is -0.123. The third-order valence-electron chi connectivity index (χ3n) is 5.57. The van der Waals surface area contributed by atoms with E-state index < -0.39 is 10.0 Å². The zero-order chi connectivity index (χ0) is 20.4. The van der Waals surface area contributed by atoms with Gasteiger partial charge in [-0.1, -0.05) is 48.5 Å². The maximum Gasteiger partial charge on any atom is 0.243 e. The van der Waals surface area contributed by atoms with Gasteiger partial charge in [-0.05, 0) is 47.9 Å². The molecule has 0 spiro atoms. The number of fused-ring (bicyclic) bond motifs is 1. The Balaban J connectivity index is 1.56. The molecular formula is C23H24N2O3S. The van der Waals surface area contributed by atoms with Crippen molar-refractivity contribution in [1.82, 2.24) is 4.31 Å². The van der Waals surface area contributed by atoms with Crippen molar-refractivity contribution in [3.63, 3.8) is 0 Å². The van der Waals surface area contributed by atoms with E-state index in [9.17, 15) is 13.2 Å². The van der Waals surface area contributed by atoms with Crippen molar-refractivity contribution in [2.24, 2.45) is 5.92 Å². The standard InChI is InChI=1S/C23H24N2O3S/c1-24(21-11-3-2-4-12-21)23(26)20-10-7-15-25(17-20)29(27,28)22-14-13-18-8-5-6-9-19(18)16-22/h2-6,8-9,11-14,16,20H,7,10,15,17H2,1H3/t20-/m1/s1. The van der Waals surface area contributed by atoms with Crippen molar-refractivity contribution in [2.75, 3.05) is 25.0 Å². The summed E-state index contributed by atoms with van der Waals surface area (Å²) in [4.78, 5) is 14.9. The summed E-state index contributed by atoms with van der Waals surface area (Å²) >= 11 is 0. The van der Waals surface area contributed by atoms with Crippen LogP contribution in [-0.2, 0) is 14.8 Å². The van der Waals surface area contributed by atoms with E-state index in [0.29, 0.717) is 19.4 Å². The van der Waals surface area contributed by atoms with Gasteiger partial charge in [0, 0.05) is 25.8 Å². The highest BCUT2D eigenvalue weighted by Gasteiger charge is 2.34. The summed E-state index contributed by atoms with van der Waals surface area (Å²) in [6.07, 6.45) is 1.37. The minimum absolute atomic E-state index is 0.0467. The van der Waals surface area contributed by atoms with E-state index in [2.05, 4.69) is 0 Å². The van der Waals surface area contributed by atoms with Crippen LogP contribution < -0.4 is 4.90 Å². The van der Waals surface area contributed by atoms with E-state index in [1.54, 1.807) is 24.1 Å². The van der Waals surface area contributed by atoms with Crippen LogP contribution >= 0.6 is 0 Å². The van der Waals surface area contributed by atoms with Crippen molar-refractivity contribution in [3.05, 3.63) is 72.8 Å². The second-order valence-corrected chi connectivity index (χ2v) is 9.38. The molecule has 1 aliphatic rings. The maximum absolute atomic E-state index is 13.2. The van der Waals surface area contributed by atoms with Crippen LogP contribution in [0, 0.1) is 5.92 Å². The fourth-order valence-corrected chi connectivity index (χ4v) is 5.45. The van der Waals surface area contributed by atoms with Gasteiger partial charge in [0.1, 0.15) is 0 Å². The molecule has 0 saturated carbocycles. The number of anilines is 1. The molecule has 1 heterocycles. The monoisotopic (exact) mass is 408 g/mol. The van der Waals surface area contributed by atoms with E-state index in [1.165, 1.54) is 4.31 Å². The molecule has 3 aromatic carbocycles. The minimum Gasteiger partial charge on any atom is -0.315 e. The van der Waals surface area contributed by atoms with E-state index in [0.717, 1.165) is 16.5 Å². The molecule has 1 fully saturated rings. The molecule has 0 bridgehead atoms. The third-order valence-corrected chi connectivity index (χ3v) is 7.43. The lowest BCUT2D eigenvalue weighted by Crippen LogP contribution is -2.45. The van der Waals surface area contributed by atoms with E-state index >= 15 is 0 Å². The van der Waals surface area contributed by atoms with Gasteiger partial charge < -0.3 is 4.90 Å². The normalized spacial score (nSPS) is 17.9. The van der Waals surface area contributed by atoms with Crippen molar-refractivity contribution < 1.29 is 13.2 Å². The second-order valence-electron chi connectivity index (χ2n) is 7.44.